The average Bonchev–Trinajstić information content (AvgIpc) is 2.81. The molecule has 1 N–H and O–H groups in total. The Bertz CT molecular complexity index is 522. The molecule has 0 spiro atoms. The van der Waals surface area contributed by atoms with E-state index in [4.69, 9.17) is 4.98 Å². The van der Waals surface area contributed by atoms with Gasteiger partial charge in [-0.15, -0.1) is 11.3 Å². The van der Waals surface area contributed by atoms with Crippen LogP contribution in [-0.4, -0.2) is 18.6 Å². The molecule has 0 amide bonds. The smallest absolute Gasteiger partial charge is 0.0933 e. The lowest BCUT2D eigenvalue weighted by Gasteiger charge is -2.03. The van der Waals surface area contributed by atoms with Crippen LogP contribution in [0, 0.1) is 6.92 Å². The van der Waals surface area contributed by atoms with E-state index in [0.29, 0.717) is 0 Å². The number of thiazole rings is 1. The van der Waals surface area contributed by atoms with Gasteiger partial charge in [0.1, 0.15) is 0 Å². The van der Waals surface area contributed by atoms with Crippen LogP contribution in [0.3, 0.4) is 0 Å². The first-order valence-corrected chi connectivity index (χ1v) is 7.73. The predicted molar refractivity (Wildman–Crippen MR) is 82.2 cm³/mol. The highest BCUT2D eigenvalue weighted by Gasteiger charge is 2.07. The van der Waals surface area contributed by atoms with Crippen LogP contribution in [0.15, 0.2) is 28.1 Å². The van der Waals surface area contributed by atoms with Crippen LogP contribution < -0.4 is 5.32 Å². The van der Waals surface area contributed by atoms with Crippen molar-refractivity contribution in [3.8, 4) is 11.3 Å². The highest BCUT2D eigenvalue weighted by molar-refractivity contribution is 9.10. The predicted octanol–water partition coefficient (Wildman–Crippen LogP) is 4.03. The van der Waals surface area contributed by atoms with E-state index in [-0.39, 0.29) is 0 Å². The lowest BCUT2D eigenvalue weighted by Crippen LogP contribution is -2.08. The quantitative estimate of drug-likeness (QED) is 0.840. The van der Waals surface area contributed by atoms with Crippen molar-refractivity contribution in [2.45, 2.75) is 19.8 Å². The Morgan fingerprint density at radius 1 is 1.39 bits per heavy atom. The molecule has 2 rings (SSSR count). The highest BCUT2D eigenvalue weighted by atomic mass is 79.9. The van der Waals surface area contributed by atoms with Gasteiger partial charge in [-0.1, -0.05) is 22.0 Å². The summed E-state index contributed by atoms with van der Waals surface area (Å²) in [6, 6.07) is 6.33. The number of rotatable bonds is 5. The number of hydrogen-bond acceptors (Lipinski definition) is 3. The van der Waals surface area contributed by atoms with Gasteiger partial charge in [0, 0.05) is 21.8 Å². The van der Waals surface area contributed by atoms with E-state index in [2.05, 4.69) is 51.7 Å². The van der Waals surface area contributed by atoms with Gasteiger partial charge in [0.05, 0.1) is 10.7 Å². The van der Waals surface area contributed by atoms with Crippen LogP contribution in [0.5, 0.6) is 0 Å². The molecule has 2 aromatic rings. The van der Waals surface area contributed by atoms with Crippen LogP contribution in [0.4, 0.5) is 0 Å². The molecular weight excluding hydrogens is 308 g/mol. The van der Waals surface area contributed by atoms with Crippen molar-refractivity contribution in [1.82, 2.24) is 10.3 Å². The first kappa shape index (κ1) is 13.7. The molecule has 1 heterocycles. The number of nitrogens with zero attached hydrogens (tertiary/aromatic N) is 1. The zero-order valence-corrected chi connectivity index (χ0v) is 13.1. The second-order valence-corrected chi connectivity index (χ2v) is 6.15. The van der Waals surface area contributed by atoms with Gasteiger partial charge in [0.2, 0.25) is 0 Å². The molecule has 0 aliphatic carbocycles. The third-order valence-corrected chi connectivity index (χ3v) is 4.25. The third kappa shape index (κ3) is 3.40. The van der Waals surface area contributed by atoms with Crippen molar-refractivity contribution in [1.29, 1.82) is 0 Å². The van der Waals surface area contributed by atoms with Crippen LogP contribution in [0.25, 0.3) is 11.3 Å². The second kappa shape index (κ2) is 6.45. The molecule has 0 unspecified atom stereocenters. The van der Waals surface area contributed by atoms with Crippen LogP contribution in [0.2, 0.25) is 0 Å². The van der Waals surface area contributed by atoms with Crippen molar-refractivity contribution in [2.24, 2.45) is 0 Å². The number of halogens is 1. The number of nitrogens with one attached hydrogen (secondary N) is 1. The molecule has 2 nitrogen and oxygen atoms in total. The molecule has 0 saturated carbocycles. The molecule has 1 aromatic carbocycles. The topological polar surface area (TPSA) is 24.9 Å². The first-order chi connectivity index (χ1) is 8.70. The maximum Gasteiger partial charge on any atom is 0.0933 e. The summed E-state index contributed by atoms with van der Waals surface area (Å²) < 4.78 is 1.10. The lowest BCUT2D eigenvalue weighted by atomic mass is 10.1. The molecule has 0 bridgehead atoms. The monoisotopic (exact) mass is 324 g/mol. The minimum absolute atomic E-state index is 1.05. The molecule has 0 saturated heterocycles. The highest BCUT2D eigenvalue weighted by Crippen LogP contribution is 2.28. The summed E-state index contributed by atoms with van der Waals surface area (Å²) >= 11 is 5.27. The maximum atomic E-state index is 4.72. The molecule has 0 aliphatic heterocycles. The number of hydrogen-bond donors (Lipinski definition) is 1. The standard InChI is InChI=1S/C14H17BrN2S/c1-10-5-6-11(15)8-12(10)13-9-18-14(17-13)4-3-7-16-2/h5-6,8-9,16H,3-4,7H2,1-2H3. The summed E-state index contributed by atoms with van der Waals surface area (Å²) in [7, 11) is 1.98. The van der Waals surface area contributed by atoms with E-state index >= 15 is 0 Å². The van der Waals surface area contributed by atoms with E-state index in [1.54, 1.807) is 11.3 Å². The van der Waals surface area contributed by atoms with Gasteiger partial charge in [0.25, 0.3) is 0 Å². The van der Waals surface area contributed by atoms with Gasteiger partial charge >= 0.3 is 0 Å². The molecule has 0 radical (unpaired) electrons. The zero-order chi connectivity index (χ0) is 13.0. The molecule has 1 aromatic heterocycles. The Morgan fingerprint density at radius 2 is 2.22 bits per heavy atom. The Labute approximate surface area is 121 Å². The minimum Gasteiger partial charge on any atom is -0.320 e. The molecule has 18 heavy (non-hydrogen) atoms. The van der Waals surface area contributed by atoms with Gasteiger partial charge in [0.15, 0.2) is 0 Å². The van der Waals surface area contributed by atoms with E-state index in [0.717, 1.165) is 29.6 Å². The Kier molecular flexibility index (Phi) is 4.92. The summed E-state index contributed by atoms with van der Waals surface area (Å²) in [6.07, 6.45) is 2.19. The van der Waals surface area contributed by atoms with E-state index in [1.165, 1.54) is 16.1 Å². The number of benzene rings is 1. The average molecular weight is 325 g/mol. The fraction of sp³-hybridized carbons (Fsp3) is 0.357. The van der Waals surface area contributed by atoms with E-state index in [9.17, 15) is 0 Å². The molecule has 96 valence electrons. The number of aromatic nitrogens is 1. The SMILES string of the molecule is CNCCCc1nc(-c2cc(Br)ccc2C)cs1. The molecule has 4 heteroatoms. The molecule has 0 atom stereocenters. The van der Waals surface area contributed by atoms with Crippen molar-refractivity contribution >= 4 is 27.3 Å². The molecular formula is C14H17BrN2S. The summed E-state index contributed by atoms with van der Waals surface area (Å²) in [4.78, 5) is 4.72. The van der Waals surface area contributed by atoms with E-state index < -0.39 is 0 Å². The van der Waals surface area contributed by atoms with Crippen molar-refractivity contribution in [3.63, 3.8) is 0 Å². The van der Waals surface area contributed by atoms with Gasteiger partial charge in [-0.2, -0.15) is 0 Å². The van der Waals surface area contributed by atoms with Crippen molar-refractivity contribution in [3.05, 3.63) is 38.6 Å². The first-order valence-electron chi connectivity index (χ1n) is 6.06. The fourth-order valence-corrected chi connectivity index (χ4v) is 3.04. The Morgan fingerprint density at radius 3 is 3.00 bits per heavy atom. The molecule has 0 fully saturated rings. The van der Waals surface area contributed by atoms with Crippen LogP contribution in [-0.2, 0) is 6.42 Å². The van der Waals surface area contributed by atoms with Gasteiger partial charge < -0.3 is 5.32 Å². The third-order valence-electron chi connectivity index (χ3n) is 2.84. The van der Waals surface area contributed by atoms with Crippen molar-refractivity contribution in [2.75, 3.05) is 13.6 Å². The summed E-state index contributed by atoms with van der Waals surface area (Å²) in [5, 5.41) is 6.54. The zero-order valence-electron chi connectivity index (χ0n) is 10.7. The van der Waals surface area contributed by atoms with Crippen LogP contribution >= 0.6 is 27.3 Å². The largest absolute Gasteiger partial charge is 0.320 e. The lowest BCUT2D eigenvalue weighted by molar-refractivity contribution is 0.722. The summed E-state index contributed by atoms with van der Waals surface area (Å²) in [5.41, 5.74) is 3.59. The van der Waals surface area contributed by atoms with Crippen LogP contribution in [0.1, 0.15) is 17.0 Å². The van der Waals surface area contributed by atoms with Gasteiger partial charge in [-0.25, -0.2) is 4.98 Å². The van der Waals surface area contributed by atoms with Gasteiger partial charge in [-0.3, -0.25) is 0 Å². The number of aryl methyl sites for hydroxylation is 2. The second-order valence-electron chi connectivity index (χ2n) is 4.29. The van der Waals surface area contributed by atoms with Gasteiger partial charge in [-0.05, 0) is 44.6 Å². The normalized spacial score (nSPS) is 10.8. The van der Waals surface area contributed by atoms with E-state index in [1.807, 2.05) is 7.05 Å². The summed E-state index contributed by atoms with van der Waals surface area (Å²) in [5.74, 6) is 0. The molecule has 0 aliphatic rings. The minimum atomic E-state index is 1.05. The Balaban J connectivity index is 2.16. The van der Waals surface area contributed by atoms with Crippen molar-refractivity contribution < 1.29 is 0 Å². The summed E-state index contributed by atoms with van der Waals surface area (Å²) in [6.45, 7) is 3.17. The maximum absolute atomic E-state index is 4.72. The fourth-order valence-electron chi connectivity index (χ4n) is 1.84. The Hall–Kier alpha value is -0.710.